The van der Waals surface area contributed by atoms with Gasteiger partial charge in [-0.3, -0.25) is 19.3 Å². The second-order valence-electron chi connectivity index (χ2n) is 15.9. The predicted octanol–water partition coefficient (Wildman–Crippen LogP) is 5.53. The standard InChI is InChI=1S/C43H44Cl2F2N8O5/c1-4-34(57)52-12-14-54(15-13-52)42-26-16-30(45)37(39(47)40(26)49-23-50-42)38-31(46)7-6-25(41(38)60)28-19-43(28,3)27-17-32(33(56)18-29(27)44)48-20-36(59)53-10-8-51(9-11-53)24-21-55(22-24)35(58)5-2/h4-7,16-18,23-24,28,48,56,60H,1-2,8-15,19-22H2,3H3. The number of nitrogens with zero attached hydrogens (tertiary/aromatic N) is 7. The van der Waals surface area contributed by atoms with Gasteiger partial charge in [-0.25, -0.2) is 18.7 Å². The first-order valence-corrected chi connectivity index (χ1v) is 20.5. The summed E-state index contributed by atoms with van der Waals surface area (Å²) in [4.78, 5) is 55.1. The number of aromatic nitrogens is 2. The van der Waals surface area contributed by atoms with Gasteiger partial charge in [0, 0.05) is 98.9 Å². The number of carbonyl (C=O) groups is 3. The Kier molecular flexibility index (Phi) is 11.1. The van der Waals surface area contributed by atoms with Crippen LogP contribution in [0.5, 0.6) is 11.5 Å². The highest BCUT2D eigenvalue weighted by molar-refractivity contribution is 6.34. The van der Waals surface area contributed by atoms with E-state index >= 15 is 8.78 Å². The summed E-state index contributed by atoms with van der Waals surface area (Å²) in [7, 11) is 0. The number of hydrogen-bond donors (Lipinski definition) is 3. The normalized spacial score (nSPS) is 20.9. The van der Waals surface area contributed by atoms with Crippen LogP contribution in [-0.4, -0.2) is 136 Å². The summed E-state index contributed by atoms with van der Waals surface area (Å²) in [5.41, 5.74) is -0.242. The number of hydrogen-bond acceptors (Lipinski definition) is 10. The highest BCUT2D eigenvalue weighted by Crippen LogP contribution is 2.64. The van der Waals surface area contributed by atoms with Gasteiger partial charge in [0.1, 0.15) is 35.0 Å². The fourth-order valence-corrected chi connectivity index (χ4v) is 9.50. The molecule has 3 amide bonds. The van der Waals surface area contributed by atoms with Gasteiger partial charge in [0.15, 0.2) is 5.82 Å². The summed E-state index contributed by atoms with van der Waals surface area (Å²) in [5.74, 6) is -2.79. The zero-order valence-electron chi connectivity index (χ0n) is 32.9. The van der Waals surface area contributed by atoms with Crippen LogP contribution in [0.15, 0.2) is 62.0 Å². The SMILES string of the molecule is C=CC(=O)N1CCN(c2ncnc3c(F)c(-c4c(F)ccc(C5CC5(C)c5cc(NCC(=O)N6CCN(C7CN(C(=O)C=C)C7)CC6)c(O)cc5Cl)c4O)c(Cl)cc23)CC1. The number of amides is 3. The molecule has 1 aliphatic carbocycles. The van der Waals surface area contributed by atoms with E-state index in [0.29, 0.717) is 99.9 Å². The van der Waals surface area contributed by atoms with Crippen molar-refractivity contribution in [2.75, 3.05) is 82.2 Å². The number of phenolic OH excluding ortho intramolecular Hbond substituents is 2. The first kappa shape index (κ1) is 41.2. The van der Waals surface area contributed by atoms with Crippen LogP contribution < -0.4 is 10.2 Å². The minimum absolute atomic E-state index is 0.0696. The summed E-state index contributed by atoms with van der Waals surface area (Å²) >= 11 is 13.5. The summed E-state index contributed by atoms with van der Waals surface area (Å²) in [6.45, 7) is 14.4. The van der Waals surface area contributed by atoms with Crippen LogP contribution in [0.4, 0.5) is 20.3 Å². The molecular formula is C43H44Cl2F2N8O5. The minimum Gasteiger partial charge on any atom is -0.507 e. The monoisotopic (exact) mass is 860 g/mol. The molecule has 1 saturated carbocycles. The minimum atomic E-state index is -0.924. The Bertz CT molecular complexity index is 2430. The van der Waals surface area contributed by atoms with Gasteiger partial charge >= 0.3 is 0 Å². The van der Waals surface area contributed by atoms with Crippen molar-refractivity contribution in [2.45, 2.75) is 30.7 Å². The molecule has 8 rings (SSSR count). The lowest BCUT2D eigenvalue weighted by molar-refractivity contribution is -0.135. The van der Waals surface area contributed by atoms with Crippen molar-refractivity contribution in [1.82, 2.24) is 29.6 Å². The molecule has 4 heterocycles. The summed E-state index contributed by atoms with van der Waals surface area (Å²) in [5, 5.41) is 26.1. The van der Waals surface area contributed by atoms with Gasteiger partial charge in [-0.05, 0) is 53.8 Å². The first-order valence-electron chi connectivity index (χ1n) is 19.7. The number of piperazine rings is 2. The number of anilines is 2. The van der Waals surface area contributed by atoms with Gasteiger partial charge in [-0.1, -0.05) is 49.3 Å². The molecule has 4 fully saturated rings. The maximum absolute atomic E-state index is 16.6. The lowest BCUT2D eigenvalue weighted by Crippen LogP contribution is -2.64. The molecule has 2 unspecified atom stereocenters. The molecule has 13 nitrogen and oxygen atoms in total. The first-order chi connectivity index (χ1) is 28.7. The third-order valence-corrected chi connectivity index (χ3v) is 13.2. The molecule has 0 bridgehead atoms. The van der Waals surface area contributed by atoms with Crippen LogP contribution >= 0.6 is 23.2 Å². The maximum Gasteiger partial charge on any atom is 0.246 e. The number of aromatic hydroxyl groups is 2. The number of halogens is 4. The van der Waals surface area contributed by atoms with E-state index in [1.54, 1.807) is 20.8 Å². The van der Waals surface area contributed by atoms with Crippen molar-refractivity contribution >= 4 is 63.3 Å². The Morgan fingerprint density at radius 2 is 1.55 bits per heavy atom. The molecule has 314 valence electrons. The molecule has 0 radical (unpaired) electrons. The number of rotatable bonds is 10. The summed E-state index contributed by atoms with van der Waals surface area (Å²) in [6, 6.07) is 7.44. The molecule has 60 heavy (non-hydrogen) atoms. The second kappa shape index (κ2) is 16.2. The van der Waals surface area contributed by atoms with Crippen molar-refractivity contribution in [3.63, 3.8) is 0 Å². The van der Waals surface area contributed by atoms with E-state index in [-0.39, 0.29) is 63.1 Å². The van der Waals surface area contributed by atoms with E-state index in [0.717, 1.165) is 0 Å². The Labute approximate surface area is 355 Å². The predicted molar refractivity (Wildman–Crippen MR) is 226 cm³/mol. The third kappa shape index (κ3) is 7.36. The molecule has 0 spiro atoms. The highest BCUT2D eigenvalue weighted by Gasteiger charge is 2.54. The smallest absolute Gasteiger partial charge is 0.246 e. The van der Waals surface area contributed by atoms with Crippen molar-refractivity contribution in [3.05, 3.63) is 94.8 Å². The number of phenols is 2. The Morgan fingerprint density at radius 1 is 0.883 bits per heavy atom. The average molecular weight is 862 g/mol. The van der Waals surface area contributed by atoms with E-state index < -0.39 is 28.4 Å². The van der Waals surface area contributed by atoms with E-state index in [2.05, 4.69) is 33.3 Å². The Morgan fingerprint density at radius 3 is 2.23 bits per heavy atom. The molecular weight excluding hydrogens is 817 g/mol. The van der Waals surface area contributed by atoms with Crippen LogP contribution in [0.1, 0.15) is 30.4 Å². The largest absolute Gasteiger partial charge is 0.507 e. The zero-order chi connectivity index (χ0) is 42.6. The zero-order valence-corrected chi connectivity index (χ0v) is 34.4. The van der Waals surface area contributed by atoms with Gasteiger partial charge in [0.05, 0.1) is 22.8 Å². The van der Waals surface area contributed by atoms with Crippen molar-refractivity contribution in [1.29, 1.82) is 0 Å². The van der Waals surface area contributed by atoms with Gasteiger partial charge in [-0.15, -0.1) is 0 Å². The highest BCUT2D eigenvalue weighted by atomic mass is 35.5. The van der Waals surface area contributed by atoms with E-state index in [1.807, 2.05) is 11.8 Å². The Hall–Kier alpha value is -5.51. The molecule has 4 aromatic rings. The Balaban J connectivity index is 0.981. The number of likely N-dealkylation sites (tertiary alicyclic amines) is 1. The molecule has 4 aliphatic rings. The summed E-state index contributed by atoms with van der Waals surface area (Å²) in [6.07, 6.45) is 4.27. The molecule has 3 N–H and O–H groups in total. The van der Waals surface area contributed by atoms with E-state index in [1.165, 1.54) is 42.7 Å². The van der Waals surface area contributed by atoms with Crippen LogP contribution in [0.3, 0.4) is 0 Å². The van der Waals surface area contributed by atoms with Gasteiger partial charge in [-0.2, -0.15) is 0 Å². The van der Waals surface area contributed by atoms with Gasteiger partial charge in [0.25, 0.3) is 0 Å². The number of carbonyl (C=O) groups excluding carboxylic acids is 3. The van der Waals surface area contributed by atoms with Crippen LogP contribution in [0, 0.1) is 11.6 Å². The van der Waals surface area contributed by atoms with Crippen LogP contribution in [0.2, 0.25) is 10.0 Å². The lowest BCUT2D eigenvalue weighted by Gasteiger charge is -2.47. The molecule has 17 heteroatoms. The van der Waals surface area contributed by atoms with Gasteiger partial charge in [0.2, 0.25) is 17.7 Å². The number of fused-ring (bicyclic) bond motifs is 1. The maximum atomic E-state index is 16.6. The number of benzene rings is 3. The topological polar surface area (TPSA) is 146 Å². The third-order valence-electron chi connectivity index (χ3n) is 12.5. The van der Waals surface area contributed by atoms with E-state index in [4.69, 9.17) is 23.2 Å². The fraction of sp³-hybridized carbons (Fsp3) is 0.372. The molecule has 2 atom stereocenters. The van der Waals surface area contributed by atoms with Crippen molar-refractivity contribution in [3.8, 4) is 22.6 Å². The quantitative estimate of drug-likeness (QED) is 0.138. The fourth-order valence-electron chi connectivity index (χ4n) is 8.84. The molecule has 1 aromatic heterocycles. The number of nitrogens with one attached hydrogen (secondary N) is 1. The lowest BCUT2D eigenvalue weighted by atomic mass is 9.90. The van der Waals surface area contributed by atoms with Crippen LogP contribution in [-0.2, 0) is 19.8 Å². The summed E-state index contributed by atoms with van der Waals surface area (Å²) < 4.78 is 32.4. The van der Waals surface area contributed by atoms with Gasteiger partial charge < -0.3 is 35.1 Å². The average Bonchev–Trinajstić information content (AvgIpc) is 3.91. The molecule has 3 saturated heterocycles. The van der Waals surface area contributed by atoms with Crippen LogP contribution in [0.25, 0.3) is 22.0 Å². The van der Waals surface area contributed by atoms with E-state index in [9.17, 15) is 24.6 Å². The second-order valence-corrected chi connectivity index (χ2v) is 16.7. The van der Waals surface area contributed by atoms with Crippen molar-refractivity contribution in [2.24, 2.45) is 0 Å². The van der Waals surface area contributed by atoms with Crippen molar-refractivity contribution < 1.29 is 33.4 Å². The molecule has 3 aromatic carbocycles. The molecule has 3 aliphatic heterocycles.